The lowest BCUT2D eigenvalue weighted by atomic mass is 9.95. The third-order valence-corrected chi connectivity index (χ3v) is 15.7. The van der Waals surface area contributed by atoms with Crippen molar-refractivity contribution < 1.29 is 56.2 Å². The number of nitrogens with zero attached hydrogens (tertiary/aromatic N) is 3. The second kappa shape index (κ2) is 28.7. The van der Waals surface area contributed by atoms with Crippen LogP contribution in [-0.2, 0) is 74.4 Å². The number of aliphatic imine (C=N–C) groups is 1. The molecule has 1 aromatic heterocycles. The zero-order valence-electron chi connectivity index (χ0n) is 47.2. The maximum absolute atomic E-state index is 14.9. The van der Waals surface area contributed by atoms with Gasteiger partial charge in [0.25, 0.3) is 10.0 Å². The molecule has 22 nitrogen and oxygen atoms in total. The molecule has 2 aliphatic rings. The van der Waals surface area contributed by atoms with Gasteiger partial charge in [0.15, 0.2) is 0 Å². The van der Waals surface area contributed by atoms with Crippen molar-refractivity contribution in [2.24, 2.45) is 10.7 Å². The predicted octanol–water partition coefficient (Wildman–Crippen LogP) is 6.17. The van der Waals surface area contributed by atoms with Crippen LogP contribution in [0.5, 0.6) is 0 Å². The number of hydrogen-bond donors (Lipinski definition) is 7. The first-order chi connectivity index (χ1) is 39.6. The van der Waals surface area contributed by atoms with Gasteiger partial charge in [-0.05, 0) is 115 Å². The number of unbranched alkanes of at least 4 members (excludes halogenated alkanes) is 1. The highest BCUT2D eigenvalue weighted by molar-refractivity contribution is 7.90. The monoisotopic (exact) mass is 1180 g/mol. The summed E-state index contributed by atoms with van der Waals surface area (Å²) in [6, 6.07) is 23.8. The summed E-state index contributed by atoms with van der Waals surface area (Å²) < 4.78 is 45.0. The lowest BCUT2D eigenvalue weighted by molar-refractivity contribution is -0.149. The summed E-state index contributed by atoms with van der Waals surface area (Å²) in [6.07, 6.45) is 0.216. The SMILES string of the molecule is Cc1ccc(S(=O)(=O)NC(N)=NCCC[C@H](NC(=O)C2Cc3c([nH]c4ccccc34)CN2C(=O)OC(C)(C)C)C(=O)N2CCCC2C(=O)N[C@@H](C)C(=O)N[C@@H](CCCCNC(=O)OCc2ccccc2Cl)C(=O)OCc2ccccc2)cc1. The first kappa shape index (κ1) is 62.4. The van der Waals surface area contributed by atoms with Crippen LogP contribution in [-0.4, -0.2) is 126 Å². The molecule has 24 heteroatoms. The van der Waals surface area contributed by atoms with Gasteiger partial charge < -0.3 is 51.1 Å². The van der Waals surface area contributed by atoms with Gasteiger partial charge in [-0.15, -0.1) is 0 Å². The molecule has 6 amide bonds. The summed E-state index contributed by atoms with van der Waals surface area (Å²) >= 11 is 6.17. The van der Waals surface area contributed by atoms with Gasteiger partial charge in [-0.25, -0.2) is 27.5 Å². The number of benzene rings is 4. The van der Waals surface area contributed by atoms with E-state index in [2.05, 4.69) is 36.0 Å². The number of hydrogen-bond acceptors (Lipinski definition) is 13. The minimum atomic E-state index is -4.07. The zero-order valence-corrected chi connectivity index (χ0v) is 48.8. The van der Waals surface area contributed by atoms with Gasteiger partial charge >= 0.3 is 18.2 Å². The van der Waals surface area contributed by atoms with Crippen LogP contribution in [0.4, 0.5) is 9.59 Å². The number of aromatic amines is 1. The fourth-order valence-corrected chi connectivity index (χ4v) is 10.8. The van der Waals surface area contributed by atoms with E-state index in [1.807, 2.05) is 37.3 Å². The number of fused-ring (bicyclic) bond motifs is 3. The van der Waals surface area contributed by atoms with E-state index < -0.39 is 93.6 Å². The number of H-pyrrole nitrogens is 1. The predicted molar refractivity (Wildman–Crippen MR) is 311 cm³/mol. The van der Waals surface area contributed by atoms with Gasteiger partial charge in [0, 0.05) is 53.2 Å². The van der Waals surface area contributed by atoms with E-state index in [0.29, 0.717) is 29.8 Å². The molecule has 1 saturated heterocycles. The molecule has 2 unspecified atom stereocenters. The number of guanidine groups is 1. The summed E-state index contributed by atoms with van der Waals surface area (Å²) in [4.78, 5) is 108. The number of sulfonamides is 1. The van der Waals surface area contributed by atoms with E-state index in [1.165, 1.54) is 28.9 Å². The van der Waals surface area contributed by atoms with Crippen molar-refractivity contribution in [2.45, 2.75) is 146 Å². The van der Waals surface area contributed by atoms with Gasteiger partial charge in [-0.2, -0.15) is 0 Å². The molecule has 0 spiro atoms. The number of amides is 6. The Labute approximate surface area is 488 Å². The quantitative estimate of drug-likeness (QED) is 0.0127. The Morgan fingerprint density at radius 1 is 0.795 bits per heavy atom. The molecule has 0 saturated carbocycles. The standard InChI is InChI=1S/C59H73ClN10O12S/c1-37-26-28-41(29-27-37)83(78,79)68-56(61)62-31-15-24-46(66-53(73)50-33-43-42-20-10-12-22-45(42)65-48(43)34-70(50)58(77)82-59(3,4)5)54(74)69-32-16-25-49(69)52(72)64-38(2)51(71)67-47(55(75)80-35-39-17-7-6-8-18-39)23-13-14-30-63-57(76)81-36-40-19-9-11-21-44(40)60/h6-12,17-22,26-29,38,46-47,49-50,65H,13-16,23-25,30-36H2,1-5H3,(H,63,76)(H,64,72)(H,66,73)(H,67,71)(H3,61,62,68)/t38-,46-,47-,49?,50?/m0/s1. The molecule has 8 N–H and O–H groups in total. The van der Waals surface area contributed by atoms with Gasteiger partial charge in [-0.1, -0.05) is 96.0 Å². The fraction of sp³-hybridized carbons (Fsp3) is 0.424. The van der Waals surface area contributed by atoms with Gasteiger partial charge in [0.05, 0.1) is 11.4 Å². The molecule has 4 aromatic carbocycles. The van der Waals surface area contributed by atoms with E-state index in [1.54, 1.807) is 81.4 Å². The van der Waals surface area contributed by atoms with Gasteiger partial charge in [0.1, 0.15) is 49.0 Å². The Balaban J connectivity index is 1.03. The van der Waals surface area contributed by atoms with E-state index >= 15 is 0 Å². The van der Waals surface area contributed by atoms with Crippen LogP contribution in [0.1, 0.15) is 101 Å². The molecule has 1 fully saturated rings. The van der Waals surface area contributed by atoms with Crippen LogP contribution >= 0.6 is 11.6 Å². The minimum absolute atomic E-state index is 0.0000976. The van der Waals surface area contributed by atoms with Crippen molar-refractivity contribution in [3.8, 4) is 0 Å². The molecule has 5 atom stereocenters. The normalized spacial score (nSPS) is 16.4. The van der Waals surface area contributed by atoms with Crippen molar-refractivity contribution in [3.05, 3.63) is 136 Å². The third kappa shape index (κ3) is 17.7. The largest absolute Gasteiger partial charge is 0.459 e. The smallest absolute Gasteiger partial charge is 0.411 e. The Morgan fingerprint density at radius 3 is 2.22 bits per heavy atom. The number of aryl methyl sites for hydroxylation is 1. The first-order valence-electron chi connectivity index (χ1n) is 27.6. The Bertz CT molecular complexity index is 3260. The van der Waals surface area contributed by atoms with Crippen LogP contribution in [0.2, 0.25) is 5.02 Å². The van der Waals surface area contributed by atoms with Crippen LogP contribution in [0.15, 0.2) is 113 Å². The van der Waals surface area contributed by atoms with E-state index in [4.69, 9.17) is 31.5 Å². The first-order valence-corrected chi connectivity index (χ1v) is 29.5. The van der Waals surface area contributed by atoms with Crippen molar-refractivity contribution in [2.75, 3.05) is 19.6 Å². The van der Waals surface area contributed by atoms with Crippen LogP contribution in [0.25, 0.3) is 10.9 Å². The molecular formula is C59H73ClN10O12S. The second-order valence-electron chi connectivity index (χ2n) is 21.5. The Hall–Kier alpha value is -8.18. The summed E-state index contributed by atoms with van der Waals surface area (Å²) in [5.41, 5.74) is 9.72. The molecular weight excluding hydrogens is 1110 g/mol. The van der Waals surface area contributed by atoms with Crippen LogP contribution < -0.4 is 31.7 Å². The molecule has 0 aliphatic carbocycles. The Kier molecular flexibility index (Phi) is 21.6. The number of aromatic nitrogens is 1. The molecule has 83 heavy (non-hydrogen) atoms. The summed E-state index contributed by atoms with van der Waals surface area (Å²) in [5.74, 6) is -3.76. The van der Waals surface area contributed by atoms with Crippen LogP contribution in [0.3, 0.4) is 0 Å². The average molecular weight is 1180 g/mol. The number of para-hydroxylation sites is 1. The molecule has 5 aromatic rings. The number of carbonyl (C=O) groups is 7. The third-order valence-electron chi connectivity index (χ3n) is 14.0. The number of carbonyl (C=O) groups excluding carboxylic acids is 7. The highest BCUT2D eigenvalue weighted by Gasteiger charge is 2.42. The lowest BCUT2D eigenvalue weighted by Gasteiger charge is -2.37. The van der Waals surface area contributed by atoms with E-state index in [0.717, 1.165) is 33.3 Å². The summed E-state index contributed by atoms with van der Waals surface area (Å²) in [6.45, 7) is 8.54. The van der Waals surface area contributed by atoms with Crippen molar-refractivity contribution in [1.29, 1.82) is 0 Å². The highest BCUT2D eigenvalue weighted by Crippen LogP contribution is 2.32. The molecule has 0 radical (unpaired) electrons. The van der Waals surface area contributed by atoms with E-state index in [-0.39, 0.29) is 76.4 Å². The summed E-state index contributed by atoms with van der Waals surface area (Å²) in [5, 5.41) is 12.3. The number of rotatable bonds is 23. The molecule has 444 valence electrons. The maximum atomic E-state index is 14.9. The zero-order chi connectivity index (χ0) is 59.8. The topological polar surface area (TPSA) is 302 Å². The van der Waals surface area contributed by atoms with Crippen LogP contribution in [0, 0.1) is 6.92 Å². The number of esters is 1. The number of halogens is 1. The minimum Gasteiger partial charge on any atom is -0.459 e. The number of nitrogens with two attached hydrogens (primary N) is 1. The number of nitrogens with one attached hydrogen (secondary N) is 6. The summed E-state index contributed by atoms with van der Waals surface area (Å²) in [7, 11) is -4.07. The second-order valence-corrected chi connectivity index (χ2v) is 23.6. The molecule has 2 aliphatic heterocycles. The van der Waals surface area contributed by atoms with Crippen molar-refractivity contribution in [1.82, 2.24) is 40.8 Å². The van der Waals surface area contributed by atoms with Gasteiger partial charge in [0.2, 0.25) is 29.6 Å². The van der Waals surface area contributed by atoms with Crippen molar-refractivity contribution in [3.63, 3.8) is 0 Å². The number of likely N-dealkylation sites (tertiary alicyclic amines) is 1. The van der Waals surface area contributed by atoms with Crippen molar-refractivity contribution >= 4 is 80.3 Å². The number of ether oxygens (including phenoxy) is 3. The molecule has 0 bridgehead atoms. The number of alkyl carbamates (subject to hydrolysis) is 1. The fourth-order valence-electron chi connectivity index (χ4n) is 9.65. The van der Waals surface area contributed by atoms with E-state index in [9.17, 15) is 42.0 Å². The Morgan fingerprint density at radius 2 is 1.48 bits per heavy atom. The molecule has 3 heterocycles. The lowest BCUT2D eigenvalue weighted by Crippen LogP contribution is -2.59. The highest BCUT2D eigenvalue weighted by atomic mass is 35.5. The maximum Gasteiger partial charge on any atom is 0.411 e. The molecule has 7 rings (SSSR count). The van der Waals surface area contributed by atoms with Gasteiger partial charge in [-0.3, -0.25) is 29.1 Å². The average Bonchev–Trinajstić information content (AvgIpc) is 3.14.